The van der Waals surface area contributed by atoms with E-state index in [1.807, 2.05) is 0 Å². The summed E-state index contributed by atoms with van der Waals surface area (Å²) >= 11 is 0. The Labute approximate surface area is 90.5 Å². The molecule has 1 aromatic rings. The fourth-order valence-corrected chi connectivity index (χ4v) is 1.25. The number of hydrogen-bond donors (Lipinski definition) is 0. The highest BCUT2D eigenvalue weighted by atomic mass is 16.5. The molecule has 1 rings (SSSR count). The molecule has 1 heterocycles. The number of nitrogens with zero attached hydrogens (tertiary/aromatic N) is 1. The van der Waals surface area contributed by atoms with Gasteiger partial charge in [0, 0.05) is 6.20 Å². The molecule has 0 bridgehead atoms. The van der Waals surface area contributed by atoms with Gasteiger partial charge in [0.25, 0.3) is 0 Å². The van der Waals surface area contributed by atoms with E-state index in [0.29, 0.717) is 12.3 Å². The highest BCUT2D eigenvalue weighted by molar-refractivity contribution is 5.87. The molecule has 3 nitrogen and oxygen atoms in total. The Hall–Kier alpha value is -1.38. The van der Waals surface area contributed by atoms with Gasteiger partial charge in [0.2, 0.25) is 0 Å². The number of unbranched alkanes of at least 4 members (excludes halogenated alkanes) is 3. The standard InChI is InChI=1S/C12H17NO2/c1-2-3-4-7-10-15-12(14)11-8-5-6-9-13-11/h5-6,8-9H,2-4,7,10H2,1H3. The molecule has 0 fully saturated rings. The van der Waals surface area contributed by atoms with Crippen LogP contribution in [-0.4, -0.2) is 17.6 Å². The van der Waals surface area contributed by atoms with Gasteiger partial charge in [0.1, 0.15) is 5.69 Å². The van der Waals surface area contributed by atoms with Crippen LogP contribution in [0.15, 0.2) is 24.4 Å². The number of rotatable bonds is 6. The third kappa shape index (κ3) is 4.58. The largest absolute Gasteiger partial charge is 0.461 e. The maximum absolute atomic E-state index is 11.4. The molecule has 1 aromatic heterocycles. The van der Waals surface area contributed by atoms with E-state index < -0.39 is 0 Å². The lowest BCUT2D eigenvalue weighted by atomic mass is 10.2. The van der Waals surface area contributed by atoms with Gasteiger partial charge in [-0.05, 0) is 18.6 Å². The van der Waals surface area contributed by atoms with Crippen molar-refractivity contribution in [3.05, 3.63) is 30.1 Å². The van der Waals surface area contributed by atoms with Crippen LogP contribution < -0.4 is 0 Å². The zero-order valence-corrected chi connectivity index (χ0v) is 9.11. The minimum Gasteiger partial charge on any atom is -0.461 e. The van der Waals surface area contributed by atoms with E-state index in [2.05, 4.69) is 11.9 Å². The van der Waals surface area contributed by atoms with E-state index in [1.54, 1.807) is 24.4 Å². The first-order chi connectivity index (χ1) is 7.34. The van der Waals surface area contributed by atoms with Crippen molar-refractivity contribution in [2.24, 2.45) is 0 Å². The van der Waals surface area contributed by atoms with Gasteiger partial charge >= 0.3 is 5.97 Å². The second-order valence-electron chi connectivity index (χ2n) is 3.41. The van der Waals surface area contributed by atoms with Gasteiger partial charge in [-0.3, -0.25) is 0 Å². The van der Waals surface area contributed by atoms with Crippen molar-refractivity contribution in [3.8, 4) is 0 Å². The quantitative estimate of drug-likeness (QED) is 0.532. The minimum absolute atomic E-state index is 0.327. The maximum atomic E-state index is 11.4. The number of ether oxygens (including phenoxy) is 1. The minimum atomic E-state index is -0.327. The summed E-state index contributed by atoms with van der Waals surface area (Å²) in [5, 5.41) is 0. The number of esters is 1. The van der Waals surface area contributed by atoms with Crippen LogP contribution in [0.3, 0.4) is 0 Å². The van der Waals surface area contributed by atoms with Crippen LogP contribution >= 0.6 is 0 Å². The van der Waals surface area contributed by atoms with E-state index in [4.69, 9.17) is 4.74 Å². The van der Waals surface area contributed by atoms with Gasteiger partial charge in [0.15, 0.2) is 0 Å². The van der Waals surface area contributed by atoms with Gasteiger partial charge in [0.05, 0.1) is 6.61 Å². The summed E-state index contributed by atoms with van der Waals surface area (Å²) in [6.45, 7) is 2.65. The van der Waals surface area contributed by atoms with Crippen LogP contribution in [-0.2, 0) is 4.74 Å². The van der Waals surface area contributed by atoms with E-state index in [-0.39, 0.29) is 5.97 Å². The Morgan fingerprint density at radius 3 is 2.87 bits per heavy atom. The zero-order chi connectivity index (χ0) is 10.9. The summed E-state index contributed by atoms with van der Waals surface area (Å²) in [5.41, 5.74) is 0.382. The van der Waals surface area contributed by atoms with Crippen LogP contribution in [0.2, 0.25) is 0 Å². The van der Waals surface area contributed by atoms with Crippen molar-refractivity contribution in [3.63, 3.8) is 0 Å². The number of carbonyl (C=O) groups is 1. The monoisotopic (exact) mass is 207 g/mol. The molecule has 0 unspecified atom stereocenters. The summed E-state index contributed by atoms with van der Waals surface area (Å²) in [5.74, 6) is -0.327. The molecule has 0 aromatic carbocycles. The van der Waals surface area contributed by atoms with Crippen molar-refractivity contribution in [2.45, 2.75) is 32.6 Å². The lowest BCUT2D eigenvalue weighted by Crippen LogP contribution is -2.07. The fraction of sp³-hybridized carbons (Fsp3) is 0.500. The van der Waals surface area contributed by atoms with Crippen molar-refractivity contribution in [1.29, 1.82) is 0 Å². The van der Waals surface area contributed by atoms with Gasteiger partial charge in [-0.25, -0.2) is 9.78 Å². The normalized spacial score (nSPS) is 9.93. The predicted molar refractivity (Wildman–Crippen MR) is 58.7 cm³/mol. The Bertz CT molecular complexity index is 285. The Kier molecular flexibility index (Phi) is 5.44. The average Bonchev–Trinajstić information content (AvgIpc) is 2.30. The summed E-state index contributed by atoms with van der Waals surface area (Å²) in [6, 6.07) is 5.22. The van der Waals surface area contributed by atoms with Crippen molar-refractivity contribution in [1.82, 2.24) is 4.98 Å². The third-order valence-corrected chi connectivity index (χ3v) is 2.11. The molecule has 15 heavy (non-hydrogen) atoms. The summed E-state index contributed by atoms with van der Waals surface area (Å²) in [7, 11) is 0. The second-order valence-corrected chi connectivity index (χ2v) is 3.41. The molecule has 0 amide bonds. The highest BCUT2D eigenvalue weighted by Crippen LogP contribution is 2.01. The predicted octanol–water partition coefficient (Wildman–Crippen LogP) is 2.82. The number of carbonyl (C=O) groups excluding carboxylic acids is 1. The van der Waals surface area contributed by atoms with Crippen LogP contribution in [0.25, 0.3) is 0 Å². The van der Waals surface area contributed by atoms with E-state index in [9.17, 15) is 4.79 Å². The van der Waals surface area contributed by atoms with Gasteiger partial charge in [-0.15, -0.1) is 0 Å². The first kappa shape index (κ1) is 11.7. The van der Waals surface area contributed by atoms with Crippen molar-refractivity contribution >= 4 is 5.97 Å². The molecule has 0 atom stereocenters. The third-order valence-electron chi connectivity index (χ3n) is 2.11. The van der Waals surface area contributed by atoms with E-state index in [0.717, 1.165) is 12.8 Å². The van der Waals surface area contributed by atoms with Gasteiger partial charge in [-0.1, -0.05) is 32.3 Å². The Morgan fingerprint density at radius 1 is 1.33 bits per heavy atom. The molecule has 0 aliphatic heterocycles. The van der Waals surface area contributed by atoms with Crippen molar-refractivity contribution in [2.75, 3.05) is 6.61 Å². The topological polar surface area (TPSA) is 39.2 Å². The first-order valence-corrected chi connectivity index (χ1v) is 5.42. The maximum Gasteiger partial charge on any atom is 0.356 e. The molecular weight excluding hydrogens is 190 g/mol. The molecule has 0 aliphatic rings. The molecular formula is C12H17NO2. The SMILES string of the molecule is CCCCCCOC(=O)c1ccccn1. The molecule has 82 valence electrons. The number of hydrogen-bond acceptors (Lipinski definition) is 3. The highest BCUT2D eigenvalue weighted by Gasteiger charge is 2.06. The van der Waals surface area contributed by atoms with Crippen LogP contribution in [0.4, 0.5) is 0 Å². The summed E-state index contributed by atoms with van der Waals surface area (Å²) in [6.07, 6.45) is 6.03. The Morgan fingerprint density at radius 2 is 2.20 bits per heavy atom. The Balaban J connectivity index is 2.20. The fourth-order valence-electron chi connectivity index (χ4n) is 1.25. The smallest absolute Gasteiger partial charge is 0.356 e. The zero-order valence-electron chi connectivity index (χ0n) is 9.11. The first-order valence-electron chi connectivity index (χ1n) is 5.42. The molecule has 3 heteroatoms. The van der Waals surface area contributed by atoms with Crippen molar-refractivity contribution < 1.29 is 9.53 Å². The van der Waals surface area contributed by atoms with Crippen LogP contribution in [0.1, 0.15) is 43.1 Å². The van der Waals surface area contributed by atoms with Crippen LogP contribution in [0.5, 0.6) is 0 Å². The molecule has 0 saturated heterocycles. The van der Waals surface area contributed by atoms with E-state index >= 15 is 0 Å². The average molecular weight is 207 g/mol. The molecule has 0 N–H and O–H groups in total. The lowest BCUT2D eigenvalue weighted by molar-refractivity contribution is 0.0491. The lowest BCUT2D eigenvalue weighted by Gasteiger charge is -2.03. The summed E-state index contributed by atoms with van der Waals surface area (Å²) in [4.78, 5) is 15.3. The molecule has 0 radical (unpaired) electrons. The number of aromatic nitrogens is 1. The second kappa shape index (κ2) is 6.98. The van der Waals surface area contributed by atoms with E-state index in [1.165, 1.54) is 12.8 Å². The molecule has 0 aliphatic carbocycles. The van der Waals surface area contributed by atoms with Crippen LogP contribution in [0, 0.1) is 0 Å². The van der Waals surface area contributed by atoms with Gasteiger partial charge < -0.3 is 4.74 Å². The molecule has 0 spiro atoms. The molecule has 0 saturated carbocycles. The number of pyridine rings is 1. The summed E-state index contributed by atoms with van der Waals surface area (Å²) < 4.78 is 5.07. The van der Waals surface area contributed by atoms with Gasteiger partial charge in [-0.2, -0.15) is 0 Å².